The molecule has 0 radical (unpaired) electrons. The van der Waals surface area contributed by atoms with E-state index in [0.717, 1.165) is 25.0 Å². The Balaban J connectivity index is 1.49. The number of nitrogens with zero attached hydrogens (tertiary/aromatic N) is 2. The molecular weight excluding hydrogens is 210 g/mol. The molecule has 1 aliphatic heterocycles. The fourth-order valence-corrected chi connectivity index (χ4v) is 3.40. The van der Waals surface area contributed by atoms with E-state index >= 15 is 0 Å². The van der Waals surface area contributed by atoms with E-state index < -0.39 is 0 Å². The van der Waals surface area contributed by atoms with Crippen LogP contribution in [0.15, 0.2) is 0 Å². The number of nitrogens with one attached hydrogen (secondary N) is 1. The Bertz CT molecular complexity index is 271. The monoisotopic (exact) mass is 235 g/mol. The van der Waals surface area contributed by atoms with Crippen molar-refractivity contribution in [2.24, 2.45) is 5.92 Å². The van der Waals surface area contributed by atoms with Gasteiger partial charge in [0, 0.05) is 38.1 Å². The largest absolute Gasteiger partial charge is 0.358 e. The minimum atomic E-state index is 0.580. The van der Waals surface area contributed by atoms with Crippen LogP contribution in [0, 0.1) is 11.3 Å². The minimum absolute atomic E-state index is 0.580. The summed E-state index contributed by atoms with van der Waals surface area (Å²) in [6, 6.07) is 0.904. The number of hydrogen-bond acceptors (Lipinski definition) is 2. The quantitative estimate of drug-likeness (QED) is 0.588. The van der Waals surface area contributed by atoms with Crippen LogP contribution in [0.2, 0.25) is 0 Å². The maximum atomic E-state index is 8.37. The molecule has 3 heteroatoms. The maximum absolute atomic E-state index is 8.37. The lowest BCUT2D eigenvalue weighted by atomic mass is 9.88. The van der Waals surface area contributed by atoms with Crippen LogP contribution >= 0.6 is 0 Å². The normalized spacial score (nSPS) is 28.4. The first-order chi connectivity index (χ1) is 8.34. The summed E-state index contributed by atoms with van der Waals surface area (Å²) in [5.74, 6) is 1.54. The summed E-state index contributed by atoms with van der Waals surface area (Å²) >= 11 is 0. The summed E-state index contributed by atoms with van der Waals surface area (Å²) in [6.07, 6.45) is 9.44. The summed E-state index contributed by atoms with van der Waals surface area (Å²) in [5.41, 5.74) is 0. The Kier molecular flexibility index (Phi) is 3.37. The fourth-order valence-electron chi connectivity index (χ4n) is 3.40. The van der Waals surface area contributed by atoms with E-state index in [-0.39, 0.29) is 0 Å². The maximum Gasteiger partial charge on any atom is 0.0990 e. The third kappa shape index (κ3) is 2.65. The zero-order valence-corrected chi connectivity index (χ0v) is 10.8. The second kappa shape index (κ2) is 4.97. The second-order valence-electron chi connectivity index (χ2n) is 5.97. The molecule has 0 amide bonds. The van der Waals surface area contributed by atoms with Gasteiger partial charge in [0.25, 0.3) is 0 Å². The summed E-state index contributed by atoms with van der Waals surface area (Å²) in [4.78, 5) is 4.99. The predicted octanol–water partition coefficient (Wildman–Crippen LogP) is 2.32. The zero-order valence-electron chi connectivity index (χ0n) is 10.8. The first-order valence-electron chi connectivity index (χ1n) is 7.42. The van der Waals surface area contributed by atoms with Crippen molar-refractivity contribution in [2.45, 2.75) is 51.0 Å². The van der Waals surface area contributed by atoms with Crippen LogP contribution in [0.1, 0.15) is 44.9 Å². The van der Waals surface area contributed by atoms with Gasteiger partial charge in [0.05, 0.1) is 5.84 Å². The molecule has 0 spiro atoms. The van der Waals surface area contributed by atoms with Crippen molar-refractivity contribution in [3.05, 3.63) is 0 Å². The van der Waals surface area contributed by atoms with Gasteiger partial charge < -0.3 is 4.90 Å². The smallest absolute Gasteiger partial charge is 0.0990 e. The van der Waals surface area contributed by atoms with Crippen LogP contribution in [0.5, 0.6) is 0 Å². The van der Waals surface area contributed by atoms with Crippen LogP contribution in [0.3, 0.4) is 0 Å². The van der Waals surface area contributed by atoms with Gasteiger partial charge in [-0.3, -0.25) is 10.3 Å². The molecule has 96 valence electrons. The molecule has 0 unspecified atom stereocenters. The highest BCUT2D eigenvalue weighted by Gasteiger charge is 2.32. The molecule has 1 saturated heterocycles. The molecule has 17 heavy (non-hydrogen) atoms. The van der Waals surface area contributed by atoms with E-state index in [0.29, 0.717) is 5.92 Å². The highest BCUT2D eigenvalue weighted by Crippen LogP contribution is 2.29. The Hall–Kier alpha value is -0.570. The van der Waals surface area contributed by atoms with E-state index in [1.165, 1.54) is 58.0 Å². The van der Waals surface area contributed by atoms with Crippen LogP contribution in [-0.4, -0.2) is 47.9 Å². The number of rotatable bonds is 2. The van der Waals surface area contributed by atoms with Crippen LogP contribution < -0.4 is 0 Å². The average molecular weight is 235 g/mol. The van der Waals surface area contributed by atoms with Gasteiger partial charge >= 0.3 is 0 Å². The van der Waals surface area contributed by atoms with Gasteiger partial charge in [0.1, 0.15) is 0 Å². The summed E-state index contributed by atoms with van der Waals surface area (Å²) in [7, 11) is 0. The molecule has 0 atom stereocenters. The third-order valence-corrected chi connectivity index (χ3v) is 4.71. The number of hydrogen-bond donors (Lipinski definition) is 1. The van der Waals surface area contributed by atoms with Crippen molar-refractivity contribution >= 4 is 5.84 Å². The highest BCUT2D eigenvalue weighted by molar-refractivity contribution is 5.81. The van der Waals surface area contributed by atoms with Crippen LogP contribution in [0.25, 0.3) is 0 Å². The van der Waals surface area contributed by atoms with Crippen molar-refractivity contribution in [3.8, 4) is 0 Å². The molecule has 2 saturated carbocycles. The van der Waals surface area contributed by atoms with Crippen molar-refractivity contribution in [3.63, 3.8) is 0 Å². The van der Waals surface area contributed by atoms with Gasteiger partial charge in [-0.15, -0.1) is 0 Å². The standard InChI is InChI=1S/C14H25N3/c15-14(12-4-2-1-3-5-12)17-10-8-16(9-11-17)13-6-7-13/h12-13,15H,1-11H2. The lowest BCUT2D eigenvalue weighted by Crippen LogP contribution is -2.50. The van der Waals surface area contributed by atoms with Gasteiger partial charge in [0.15, 0.2) is 0 Å². The molecule has 1 N–H and O–H groups in total. The topological polar surface area (TPSA) is 30.3 Å². The highest BCUT2D eigenvalue weighted by atomic mass is 15.3. The predicted molar refractivity (Wildman–Crippen MR) is 70.5 cm³/mol. The van der Waals surface area contributed by atoms with E-state index in [4.69, 9.17) is 5.41 Å². The number of amidine groups is 1. The molecule has 3 aliphatic rings. The van der Waals surface area contributed by atoms with Gasteiger partial charge in [0.2, 0.25) is 0 Å². The van der Waals surface area contributed by atoms with Gasteiger partial charge in [-0.1, -0.05) is 19.3 Å². The second-order valence-corrected chi connectivity index (χ2v) is 5.97. The molecule has 0 aromatic carbocycles. The molecular formula is C14H25N3. The SMILES string of the molecule is N=C(C1CCCCC1)N1CCN(C2CC2)CC1. The first kappa shape index (κ1) is 11.5. The fraction of sp³-hybridized carbons (Fsp3) is 0.929. The van der Waals surface area contributed by atoms with Crippen LogP contribution in [-0.2, 0) is 0 Å². The molecule has 1 heterocycles. The lowest BCUT2D eigenvalue weighted by Gasteiger charge is -2.39. The van der Waals surface area contributed by atoms with Crippen LogP contribution in [0.4, 0.5) is 0 Å². The molecule has 2 aliphatic carbocycles. The van der Waals surface area contributed by atoms with Gasteiger partial charge in [-0.25, -0.2) is 0 Å². The van der Waals surface area contributed by atoms with Crippen molar-refractivity contribution in [1.29, 1.82) is 5.41 Å². The van der Waals surface area contributed by atoms with E-state index in [1.807, 2.05) is 0 Å². The summed E-state index contributed by atoms with van der Waals surface area (Å²) < 4.78 is 0. The molecule has 0 aromatic rings. The molecule has 3 nitrogen and oxygen atoms in total. The van der Waals surface area contributed by atoms with Gasteiger partial charge in [-0.05, 0) is 25.7 Å². The summed E-state index contributed by atoms with van der Waals surface area (Å²) in [5, 5.41) is 8.37. The number of piperazine rings is 1. The first-order valence-corrected chi connectivity index (χ1v) is 7.42. The molecule has 3 fully saturated rings. The molecule has 0 aromatic heterocycles. The third-order valence-electron chi connectivity index (χ3n) is 4.71. The van der Waals surface area contributed by atoms with Crippen molar-refractivity contribution in [2.75, 3.05) is 26.2 Å². The Morgan fingerprint density at radius 1 is 0.824 bits per heavy atom. The van der Waals surface area contributed by atoms with E-state index in [2.05, 4.69) is 9.80 Å². The average Bonchev–Trinajstić information content (AvgIpc) is 3.24. The minimum Gasteiger partial charge on any atom is -0.358 e. The summed E-state index contributed by atoms with van der Waals surface area (Å²) in [6.45, 7) is 4.59. The van der Waals surface area contributed by atoms with E-state index in [9.17, 15) is 0 Å². The molecule has 0 bridgehead atoms. The lowest BCUT2D eigenvalue weighted by molar-refractivity contribution is 0.167. The van der Waals surface area contributed by atoms with Crippen molar-refractivity contribution in [1.82, 2.24) is 9.80 Å². The van der Waals surface area contributed by atoms with E-state index in [1.54, 1.807) is 0 Å². The Morgan fingerprint density at radius 2 is 1.47 bits per heavy atom. The van der Waals surface area contributed by atoms with Gasteiger partial charge in [-0.2, -0.15) is 0 Å². The Labute approximate surface area is 105 Å². The van der Waals surface area contributed by atoms with Crippen molar-refractivity contribution < 1.29 is 0 Å². The Morgan fingerprint density at radius 3 is 2.06 bits per heavy atom. The molecule has 3 rings (SSSR count). The zero-order chi connectivity index (χ0) is 11.7.